The van der Waals surface area contributed by atoms with E-state index in [2.05, 4.69) is 64.1 Å². The van der Waals surface area contributed by atoms with Crippen molar-refractivity contribution in [2.75, 3.05) is 61.8 Å². The number of anilines is 3. The van der Waals surface area contributed by atoms with Crippen LogP contribution in [0.15, 0.2) is 54.8 Å². The molecule has 2 aromatic rings. The molecule has 3 heterocycles. The molecule has 3 aliphatic rings. The van der Waals surface area contributed by atoms with Gasteiger partial charge in [-0.25, -0.2) is 0 Å². The van der Waals surface area contributed by atoms with E-state index in [1.807, 2.05) is 24.3 Å². The van der Waals surface area contributed by atoms with Gasteiger partial charge in [0.1, 0.15) is 0 Å². The topological polar surface area (TPSA) is 50.9 Å². The molecule has 0 spiro atoms. The van der Waals surface area contributed by atoms with Crippen molar-refractivity contribution in [2.45, 2.75) is 26.3 Å². The minimum atomic E-state index is -0.0445. The third-order valence-corrected chi connectivity index (χ3v) is 7.14. The van der Waals surface area contributed by atoms with Gasteiger partial charge in [-0.05, 0) is 74.4 Å². The first-order valence-corrected chi connectivity index (χ1v) is 12.3. The molecule has 0 radical (unpaired) electrons. The summed E-state index contributed by atoms with van der Waals surface area (Å²) in [5.74, 6) is -0.0445. The molecule has 6 nitrogen and oxygen atoms in total. The number of amides is 1. The van der Waals surface area contributed by atoms with Crippen molar-refractivity contribution in [2.24, 2.45) is 0 Å². The summed E-state index contributed by atoms with van der Waals surface area (Å²) in [6.45, 7) is 13.3. The van der Waals surface area contributed by atoms with Crippen molar-refractivity contribution >= 4 is 28.5 Å². The molecule has 2 N–H and O–H groups in total. The third kappa shape index (κ3) is 4.88. The van der Waals surface area contributed by atoms with E-state index in [-0.39, 0.29) is 5.91 Å². The van der Waals surface area contributed by atoms with Gasteiger partial charge in [0, 0.05) is 74.1 Å². The van der Waals surface area contributed by atoms with Gasteiger partial charge >= 0.3 is 0 Å². The summed E-state index contributed by atoms with van der Waals surface area (Å²) in [7, 11) is 2.18. The fraction of sp³-hybridized carbons (Fsp3) is 0.393. The van der Waals surface area contributed by atoms with Crippen LogP contribution in [0.5, 0.6) is 0 Å². The molecular formula is C28H35N5O. The molecule has 0 aliphatic carbocycles. The molecule has 2 saturated heterocycles. The number of carbonyl (C=O) groups is 1. The summed E-state index contributed by atoms with van der Waals surface area (Å²) in [6.07, 6.45) is 4.39. The fourth-order valence-electron chi connectivity index (χ4n) is 5.17. The standard InChI is InChI=1S/C28H35N5O/c1-20-16-21(2)29-26-8-7-23(18-24(20)26)30-28(34)25-17-22(19-32-14-12-31(3)13-15-32)6-9-27(25)33-10-4-5-11-33/h6-9,16-18,29H,2,4-5,10-15,19H2,1,3H3,(H,30,34). The van der Waals surface area contributed by atoms with Crippen molar-refractivity contribution in [3.8, 4) is 0 Å². The Kier molecular flexibility index (Phi) is 6.44. The van der Waals surface area contributed by atoms with Crippen molar-refractivity contribution in [3.05, 3.63) is 71.4 Å². The highest BCUT2D eigenvalue weighted by Gasteiger charge is 2.22. The van der Waals surface area contributed by atoms with E-state index >= 15 is 0 Å². The lowest BCUT2D eigenvalue weighted by molar-refractivity contribution is 0.102. The van der Waals surface area contributed by atoms with Gasteiger partial charge in [-0.3, -0.25) is 9.69 Å². The normalized spacial score (nSPS) is 18.9. The van der Waals surface area contributed by atoms with Crippen LogP contribution in [0.3, 0.4) is 0 Å². The van der Waals surface area contributed by atoms with Crippen LogP contribution in [0, 0.1) is 0 Å². The summed E-state index contributed by atoms with van der Waals surface area (Å²) in [4.78, 5) is 20.8. The third-order valence-electron chi connectivity index (χ3n) is 7.14. The van der Waals surface area contributed by atoms with Crippen molar-refractivity contribution < 1.29 is 4.79 Å². The Labute approximate surface area is 202 Å². The molecule has 0 unspecified atom stereocenters. The molecule has 3 aliphatic heterocycles. The Balaban J connectivity index is 1.39. The van der Waals surface area contributed by atoms with Crippen LogP contribution < -0.4 is 15.5 Å². The zero-order chi connectivity index (χ0) is 23.7. The fourth-order valence-corrected chi connectivity index (χ4v) is 5.17. The smallest absolute Gasteiger partial charge is 0.257 e. The second-order valence-corrected chi connectivity index (χ2v) is 9.82. The largest absolute Gasteiger partial charge is 0.371 e. The van der Waals surface area contributed by atoms with Crippen molar-refractivity contribution in [1.29, 1.82) is 0 Å². The minimum absolute atomic E-state index is 0.0445. The molecule has 0 atom stereocenters. The molecule has 2 fully saturated rings. The molecular weight excluding hydrogens is 422 g/mol. The average molecular weight is 458 g/mol. The van der Waals surface area contributed by atoms with E-state index in [1.165, 1.54) is 18.4 Å². The number of hydrogen-bond acceptors (Lipinski definition) is 5. The lowest BCUT2D eigenvalue weighted by Crippen LogP contribution is -2.43. The molecule has 0 bridgehead atoms. The molecule has 178 valence electrons. The Bertz CT molecular complexity index is 1120. The summed E-state index contributed by atoms with van der Waals surface area (Å²) in [5, 5.41) is 6.48. The maximum atomic E-state index is 13.6. The highest BCUT2D eigenvalue weighted by atomic mass is 16.1. The minimum Gasteiger partial charge on any atom is -0.371 e. The molecule has 0 aromatic heterocycles. The number of rotatable bonds is 5. The number of nitrogens with zero attached hydrogens (tertiary/aromatic N) is 3. The number of nitrogens with one attached hydrogen (secondary N) is 2. The lowest BCUT2D eigenvalue weighted by atomic mass is 10.00. The van der Waals surface area contributed by atoms with E-state index in [1.54, 1.807) is 0 Å². The number of carbonyl (C=O) groups excluding carboxylic acids is 1. The van der Waals surface area contributed by atoms with Crippen LogP contribution in [-0.4, -0.2) is 62.0 Å². The van der Waals surface area contributed by atoms with Gasteiger partial charge in [0.05, 0.1) is 5.56 Å². The highest BCUT2D eigenvalue weighted by Crippen LogP contribution is 2.33. The maximum absolute atomic E-state index is 13.6. The molecule has 34 heavy (non-hydrogen) atoms. The number of hydrogen-bond donors (Lipinski definition) is 2. The SMILES string of the molecule is C=C1C=C(C)c2cc(NC(=O)c3cc(CN4CCN(C)CC4)ccc3N3CCCC3)ccc2N1. The monoisotopic (exact) mass is 457 g/mol. The predicted molar refractivity (Wildman–Crippen MR) is 141 cm³/mol. The number of fused-ring (bicyclic) bond motifs is 1. The maximum Gasteiger partial charge on any atom is 0.257 e. The van der Waals surface area contributed by atoms with Crippen LogP contribution in [0.2, 0.25) is 0 Å². The number of benzene rings is 2. The lowest BCUT2D eigenvalue weighted by Gasteiger charge is -2.32. The summed E-state index contributed by atoms with van der Waals surface area (Å²) in [5.41, 5.74) is 7.96. The Morgan fingerprint density at radius 3 is 2.56 bits per heavy atom. The van der Waals surface area contributed by atoms with Gasteiger partial charge in [-0.1, -0.05) is 12.6 Å². The van der Waals surface area contributed by atoms with Crippen LogP contribution in [-0.2, 0) is 6.54 Å². The van der Waals surface area contributed by atoms with Gasteiger partial charge in [0.2, 0.25) is 0 Å². The van der Waals surface area contributed by atoms with Gasteiger partial charge in [0.15, 0.2) is 0 Å². The number of piperazine rings is 1. The quantitative estimate of drug-likeness (QED) is 0.686. The van der Waals surface area contributed by atoms with E-state index in [0.29, 0.717) is 0 Å². The Morgan fingerprint density at radius 2 is 1.79 bits per heavy atom. The summed E-state index contributed by atoms with van der Waals surface area (Å²) in [6, 6.07) is 12.5. The van der Waals surface area contributed by atoms with Crippen LogP contribution >= 0.6 is 0 Å². The van der Waals surface area contributed by atoms with Crippen LogP contribution in [0.25, 0.3) is 5.57 Å². The highest BCUT2D eigenvalue weighted by molar-refractivity contribution is 6.08. The molecule has 1 amide bonds. The average Bonchev–Trinajstić information content (AvgIpc) is 3.36. The molecule has 0 saturated carbocycles. The molecule has 6 heteroatoms. The van der Waals surface area contributed by atoms with Gasteiger partial charge in [-0.2, -0.15) is 0 Å². The van der Waals surface area contributed by atoms with Crippen molar-refractivity contribution in [1.82, 2.24) is 9.80 Å². The first kappa shape index (κ1) is 22.7. The van der Waals surface area contributed by atoms with Gasteiger partial charge in [0.25, 0.3) is 5.91 Å². The molecule has 2 aromatic carbocycles. The van der Waals surface area contributed by atoms with Gasteiger partial charge < -0.3 is 20.4 Å². The van der Waals surface area contributed by atoms with Crippen LogP contribution in [0.1, 0.15) is 41.3 Å². The van der Waals surface area contributed by atoms with Gasteiger partial charge in [-0.15, -0.1) is 0 Å². The second-order valence-electron chi connectivity index (χ2n) is 9.82. The molecule has 5 rings (SSSR count). The first-order chi connectivity index (χ1) is 16.5. The summed E-state index contributed by atoms with van der Waals surface area (Å²) >= 11 is 0. The number of allylic oxidation sites excluding steroid dienone is 2. The van der Waals surface area contributed by atoms with E-state index in [9.17, 15) is 4.79 Å². The summed E-state index contributed by atoms with van der Waals surface area (Å²) < 4.78 is 0. The Morgan fingerprint density at radius 1 is 1.03 bits per heavy atom. The first-order valence-electron chi connectivity index (χ1n) is 12.3. The zero-order valence-corrected chi connectivity index (χ0v) is 20.4. The Hall–Kier alpha value is -3.09. The van der Waals surface area contributed by atoms with Crippen molar-refractivity contribution in [3.63, 3.8) is 0 Å². The van der Waals surface area contributed by atoms with E-state index in [4.69, 9.17) is 0 Å². The predicted octanol–water partition coefficient (Wildman–Crippen LogP) is 4.63. The van der Waals surface area contributed by atoms with E-state index in [0.717, 1.165) is 85.3 Å². The van der Waals surface area contributed by atoms with E-state index < -0.39 is 0 Å². The zero-order valence-electron chi connectivity index (χ0n) is 20.4. The number of likely N-dealkylation sites (N-methyl/N-ethyl adjacent to an activating group) is 1. The van der Waals surface area contributed by atoms with Crippen LogP contribution in [0.4, 0.5) is 17.1 Å². The second kappa shape index (κ2) is 9.65.